The topological polar surface area (TPSA) is 69.9 Å². The van der Waals surface area contributed by atoms with Crippen LogP contribution in [-0.2, 0) is 0 Å². The molecule has 8 aromatic carbocycles. The van der Waals surface area contributed by atoms with Crippen molar-refractivity contribution in [3.8, 4) is 51.0 Å². The van der Waals surface area contributed by atoms with Crippen molar-refractivity contribution in [1.29, 1.82) is 0 Å². The molecular formula is C51H30N4O2. The maximum Gasteiger partial charge on any atom is 0.167 e. The maximum absolute atomic E-state index is 6.52. The fourth-order valence-electron chi connectivity index (χ4n) is 8.47. The van der Waals surface area contributed by atoms with E-state index < -0.39 is 0 Å². The van der Waals surface area contributed by atoms with Crippen LogP contribution in [-0.4, -0.2) is 19.5 Å². The highest BCUT2D eigenvalue weighted by Gasteiger charge is 2.21. The number of nitrogens with zero attached hydrogens (tertiary/aromatic N) is 4. The normalized spacial score (nSPS) is 11.9. The van der Waals surface area contributed by atoms with E-state index in [4.69, 9.17) is 23.8 Å². The zero-order valence-electron chi connectivity index (χ0n) is 30.4. The van der Waals surface area contributed by atoms with E-state index >= 15 is 0 Å². The van der Waals surface area contributed by atoms with Crippen LogP contribution >= 0.6 is 0 Å². The summed E-state index contributed by atoms with van der Waals surface area (Å²) in [7, 11) is 0. The van der Waals surface area contributed by atoms with Gasteiger partial charge in [0.25, 0.3) is 0 Å². The largest absolute Gasteiger partial charge is 0.456 e. The molecule has 0 unspecified atom stereocenters. The molecule has 0 aliphatic carbocycles. The van der Waals surface area contributed by atoms with E-state index in [0.717, 1.165) is 82.9 Å². The van der Waals surface area contributed by atoms with Gasteiger partial charge in [-0.1, -0.05) is 133 Å². The standard InChI is InChI=1S/C51H30N4O2/c1-2-13-31(14-3-1)32-27-28-36-35-17-4-7-23-42(35)55(43(36)30-32)34-16-10-15-33(29-34)49-52-50(40-21-12-26-46-47(40)39-19-6-9-25-45(39)56-46)54-51(53-49)41-22-11-20-38-37-18-5-8-24-44(37)57-48(38)41/h1-30H. The smallest absolute Gasteiger partial charge is 0.167 e. The van der Waals surface area contributed by atoms with Gasteiger partial charge in [0.15, 0.2) is 17.5 Å². The first-order valence-electron chi connectivity index (χ1n) is 19.0. The molecule has 0 aliphatic heterocycles. The number of benzene rings is 8. The van der Waals surface area contributed by atoms with Gasteiger partial charge in [-0.15, -0.1) is 0 Å². The third-order valence-corrected chi connectivity index (χ3v) is 11.1. The monoisotopic (exact) mass is 730 g/mol. The Bertz CT molecular complexity index is 3540. The first-order valence-corrected chi connectivity index (χ1v) is 19.0. The number of hydrogen-bond acceptors (Lipinski definition) is 5. The number of fused-ring (bicyclic) bond motifs is 9. The average molecular weight is 731 g/mol. The Balaban J connectivity index is 1.10. The van der Waals surface area contributed by atoms with E-state index in [-0.39, 0.29) is 0 Å². The van der Waals surface area contributed by atoms with Crippen LogP contribution in [0.1, 0.15) is 0 Å². The van der Waals surface area contributed by atoms with Gasteiger partial charge in [0.1, 0.15) is 22.3 Å². The number of furan rings is 2. The Morgan fingerprint density at radius 1 is 0.351 bits per heavy atom. The minimum absolute atomic E-state index is 0.527. The van der Waals surface area contributed by atoms with Crippen LogP contribution in [0.25, 0.3) is 117 Å². The Kier molecular flexibility index (Phi) is 6.83. The molecule has 6 nitrogen and oxygen atoms in total. The quantitative estimate of drug-likeness (QED) is 0.176. The van der Waals surface area contributed by atoms with Gasteiger partial charge in [0.2, 0.25) is 0 Å². The molecular weight excluding hydrogens is 701 g/mol. The zero-order valence-corrected chi connectivity index (χ0v) is 30.4. The predicted octanol–water partition coefficient (Wildman–Crippen LogP) is 13.4. The highest BCUT2D eigenvalue weighted by molar-refractivity contribution is 6.13. The highest BCUT2D eigenvalue weighted by Crippen LogP contribution is 2.40. The Morgan fingerprint density at radius 2 is 0.965 bits per heavy atom. The van der Waals surface area contributed by atoms with E-state index in [1.807, 2.05) is 60.7 Å². The number of hydrogen-bond donors (Lipinski definition) is 0. The summed E-state index contributed by atoms with van der Waals surface area (Å²) in [5, 5.41) is 6.42. The van der Waals surface area contributed by atoms with Crippen molar-refractivity contribution in [2.75, 3.05) is 0 Å². The predicted molar refractivity (Wildman–Crippen MR) is 230 cm³/mol. The first-order chi connectivity index (χ1) is 28.2. The molecule has 266 valence electrons. The molecule has 0 saturated heterocycles. The van der Waals surface area contributed by atoms with E-state index in [1.54, 1.807) is 0 Å². The molecule has 4 heterocycles. The molecule has 0 amide bonds. The SMILES string of the molecule is c1ccc(-c2ccc3c4ccccc4n(-c4cccc(-c5nc(-c6cccc7c6oc6ccccc67)nc(-c6cccc7oc8ccccc8c67)n5)c4)c3c2)cc1. The van der Waals surface area contributed by atoms with Gasteiger partial charge >= 0.3 is 0 Å². The van der Waals surface area contributed by atoms with E-state index in [2.05, 4.69) is 126 Å². The molecule has 6 heteroatoms. The van der Waals surface area contributed by atoms with Crippen molar-refractivity contribution >= 4 is 65.7 Å². The molecule has 0 spiro atoms. The zero-order chi connectivity index (χ0) is 37.5. The van der Waals surface area contributed by atoms with Crippen molar-refractivity contribution in [2.24, 2.45) is 0 Å². The highest BCUT2D eigenvalue weighted by atomic mass is 16.3. The second kappa shape index (κ2) is 12.3. The summed E-state index contributed by atoms with van der Waals surface area (Å²) >= 11 is 0. The lowest BCUT2D eigenvalue weighted by molar-refractivity contribution is 0.668. The molecule has 0 fully saturated rings. The number of rotatable bonds is 5. The lowest BCUT2D eigenvalue weighted by Gasteiger charge is -2.12. The summed E-state index contributed by atoms with van der Waals surface area (Å²) in [5.74, 6) is 1.63. The molecule has 0 bridgehead atoms. The van der Waals surface area contributed by atoms with Gasteiger partial charge in [0.05, 0.1) is 16.6 Å². The lowest BCUT2D eigenvalue weighted by Crippen LogP contribution is -2.01. The molecule has 0 N–H and O–H groups in total. The second-order valence-electron chi connectivity index (χ2n) is 14.4. The van der Waals surface area contributed by atoms with Gasteiger partial charge in [-0.2, -0.15) is 0 Å². The van der Waals surface area contributed by atoms with Crippen LogP contribution in [0.4, 0.5) is 0 Å². The fourth-order valence-corrected chi connectivity index (χ4v) is 8.47. The van der Waals surface area contributed by atoms with Gasteiger partial charge in [-0.3, -0.25) is 0 Å². The summed E-state index contributed by atoms with van der Waals surface area (Å²) < 4.78 is 15.2. The van der Waals surface area contributed by atoms with Crippen molar-refractivity contribution in [2.45, 2.75) is 0 Å². The molecule has 4 aromatic heterocycles. The molecule has 12 aromatic rings. The molecule has 0 atom stereocenters. The Labute approximate surface area is 325 Å². The minimum atomic E-state index is 0.527. The van der Waals surface area contributed by atoms with Gasteiger partial charge in [-0.25, -0.2) is 15.0 Å². The summed E-state index contributed by atoms with van der Waals surface area (Å²) in [6, 6.07) is 62.8. The molecule has 57 heavy (non-hydrogen) atoms. The van der Waals surface area contributed by atoms with Crippen LogP contribution in [0, 0.1) is 0 Å². The van der Waals surface area contributed by atoms with Crippen LogP contribution in [0.3, 0.4) is 0 Å². The fraction of sp³-hybridized carbons (Fsp3) is 0. The second-order valence-corrected chi connectivity index (χ2v) is 14.4. The average Bonchev–Trinajstić information content (AvgIpc) is 3.96. The van der Waals surface area contributed by atoms with Crippen LogP contribution in [0.2, 0.25) is 0 Å². The van der Waals surface area contributed by atoms with Gasteiger partial charge < -0.3 is 13.4 Å². The lowest BCUT2D eigenvalue weighted by atomic mass is 10.0. The molecule has 0 aliphatic rings. The summed E-state index contributed by atoms with van der Waals surface area (Å²) in [6.07, 6.45) is 0. The van der Waals surface area contributed by atoms with Crippen molar-refractivity contribution in [3.05, 3.63) is 182 Å². The van der Waals surface area contributed by atoms with E-state index in [1.165, 1.54) is 16.3 Å². The van der Waals surface area contributed by atoms with E-state index in [0.29, 0.717) is 17.5 Å². The van der Waals surface area contributed by atoms with Crippen LogP contribution in [0.5, 0.6) is 0 Å². The number of aromatic nitrogens is 4. The van der Waals surface area contributed by atoms with Crippen molar-refractivity contribution in [1.82, 2.24) is 19.5 Å². The number of para-hydroxylation sites is 4. The molecule has 0 saturated carbocycles. The maximum atomic E-state index is 6.52. The first kappa shape index (κ1) is 31.5. The van der Waals surface area contributed by atoms with Crippen LogP contribution < -0.4 is 0 Å². The Hall–Kier alpha value is -7.83. The third kappa shape index (κ3) is 4.94. The Morgan fingerprint density at radius 3 is 1.84 bits per heavy atom. The summed E-state index contributed by atoms with van der Waals surface area (Å²) in [5.41, 5.74) is 11.3. The van der Waals surface area contributed by atoms with Gasteiger partial charge in [-0.05, 0) is 59.7 Å². The summed E-state index contributed by atoms with van der Waals surface area (Å²) in [4.78, 5) is 15.7. The van der Waals surface area contributed by atoms with Crippen LogP contribution in [0.15, 0.2) is 191 Å². The minimum Gasteiger partial charge on any atom is -0.456 e. The van der Waals surface area contributed by atoms with Crippen molar-refractivity contribution < 1.29 is 8.83 Å². The third-order valence-electron chi connectivity index (χ3n) is 11.1. The molecule has 0 radical (unpaired) electrons. The van der Waals surface area contributed by atoms with Gasteiger partial charge in [0, 0.05) is 49.1 Å². The molecule has 12 rings (SSSR count). The summed E-state index contributed by atoms with van der Waals surface area (Å²) in [6.45, 7) is 0. The van der Waals surface area contributed by atoms with E-state index in [9.17, 15) is 0 Å². The van der Waals surface area contributed by atoms with Crippen molar-refractivity contribution in [3.63, 3.8) is 0 Å².